The van der Waals surface area contributed by atoms with Crippen LogP contribution in [0, 0.1) is 18.7 Å². The fraction of sp³-hybridized carbons (Fsp3) is 0.235. The van der Waals surface area contributed by atoms with Gasteiger partial charge in [-0.25, -0.2) is 4.39 Å². The number of nitrogens with zero attached hydrogens (tertiary/aromatic N) is 1. The molecule has 0 aliphatic carbocycles. The summed E-state index contributed by atoms with van der Waals surface area (Å²) in [5.41, 5.74) is 7.23. The van der Waals surface area contributed by atoms with Crippen LogP contribution in [0.15, 0.2) is 47.6 Å². The third-order valence-electron chi connectivity index (χ3n) is 4.11. The van der Waals surface area contributed by atoms with E-state index in [0.717, 1.165) is 11.3 Å². The van der Waals surface area contributed by atoms with Crippen molar-refractivity contribution in [2.45, 2.75) is 13.0 Å². The summed E-state index contributed by atoms with van der Waals surface area (Å²) in [7, 11) is 0. The first kappa shape index (κ1) is 12.4. The first-order valence-electron chi connectivity index (χ1n) is 7.05. The molecule has 0 fully saturated rings. The van der Waals surface area contributed by atoms with Crippen LogP contribution in [-0.2, 0) is 0 Å². The van der Waals surface area contributed by atoms with Crippen molar-refractivity contribution in [1.82, 2.24) is 5.43 Å². The molecule has 4 heteroatoms. The maximum atomic E-state index is 13.5. The van der Waals surface area contributed by atoms with Crippen LogP contribution < -0.4 is 10.2 Å². The van der Waals surface area contributed by atoms with Crippen molar-refractivity contribution in [2.24, 2.45) is 11.0 Å². The first-order chi connectivity index (χ1) is 10.2. The van der Waals surface area contributed by atoms with Crippen molar-refractivity contribution < 1.29 is 9.13 Å². The second-order valence-corrected chi connectivity index (χ2v) is 5.58. The van der Waals surface area contributed by atoms with E-state index in [1.165, 1.54) is 23.3 Å². The lowest BCUT2D eigenvalue weighted by Gasteiger charge is -2.27. The average molecular weight is 282 g/mol. The minimum atomic E-state index is -0.264. The Kier molecular flexibility index (Phi) is 2.70. The van der Waals surface area contributed by atoms with Gasteiger partial charge in [0.05, 0.1) is 24.3 Å². The Bertz CT molecular complexity index is 741. The molecular weight excluding hydrogens is 267 g/mol. The van der Waals surface area contributed by atoms with Gasteiger partial charge < -0.3 is 10.2 Å². The predicted octanol–water partition coefficient (Wildman–Crippen LogP) is 3.19. The van der Waals surface area contributed by atoms with E-state index in [-0.39, 0.29) is 17.8 Å². The highest BCUT2D eigenvalue weighted by Gasteiger charge is 2.38. The van der Waals surface area contributed by atoms with Gasteiger partial charge in [0.1, 0.15) is 11.6 Å². The van der Waals surface area contributed by atoms with Crippen LogP contribution in [0.1, 0.15) is 22.7 Å². The molecule has 0 bridgehead atoms. The van der Waals surface area contributed by atoms with Gasteiger partial charge in [0, 0.05) is 5.56 Å². The number of halogens is 1. The topological polar surface area (TPSA) is 33.6 Å². The smallest absolute Gasteiger partial charge is 0.128 e. The summed E-state index contributed by atoms with van der Waals surface area (Å²) in [6.07, 6.45) is 0. The number of rotatable bonds is 1. The minimum Gasteiger partial charge on any atom is -0.492 e. The van der Waals surface area contributed by atoms with Crippen LogP contribution >= 0.6 is 0 Å². The average Bonchev–Trinajstić information content (AvgIpc) is 2.91. The van der Waals surface area contributed by atoms with Crippen molar-refractivity contribution in [3.8, 4) is 5.75 Å². The van der Waals surface area contributed by atoms with E-state index in [2.05, 4.69) is 35.7 Å². The third-order valence-corrected chi connectivity index (χ3v) is 4.11. The van der Waals surface area contributed by atoms with Crippen LogP contribution in [0.25, 0.3) is 0 Å². The highest BCUT2D eigenvalue weighted by atomic mass is 19.1. The molecule has 2 atom stereocenters. The van der Waals surface area contributed by atoms with Crippen LogP contribution in [0.3, 0.4) is 0 Å². The summed E-state index contributed by atoms with van der Waals surface area (Å²) in [6, 6.07) is 13.0. The van der Waals surface area contributed by atoms with Gasteiger partial charge in [-0.2, -0.15) is 5.10 Å². The van der Waals surface area contributed by atoms with Gasteiger partial charge >= 0.3 is 0 Å². The van der Waals surface area contributed by atoms with E-state index in [1.54, 1.807) is 6.07 Å². The Morgan fingerprint density at radius 1 is 1.24 bits per heavy atom. The number of hydrazone groups is 1. The molecule has 2 aromatic carbocycles. The lowest BCUT2D eigenvalue weighted by atomic mass is 9.86. The zero-order chi connectivity index (χ0) is 14.4. The van der Waals surface area contributed by atoms with Gasteiger partial charge in [0.25, 0.3) is 0 Å². The van der Waals surface area contributed by atoms with Gasteiger partial charge in [-0.3, -0.25) is 0 Å². The lowest BCUT2D eigenvalue weighted by Crippen LogP contribution is -2.31. The molecule has 0 aromatic heterocycles. The molecule has 0 amide bonds. The molecule has 1 N–H and O–H groups in total. The van der Waals surface area contributed by atoms with Crippen LogP contribution in [0.5, 0.6) is 5.75 Å². The van der Waals surface area contributed by atoms with Crippen molar-refractivity contribution in [3.05, 3.63) is 65.0 Å². The quantitative estimate of drug-likeness (QED) is 0.871. The van der Waals surface area contributed by atoms with Crippen molar-refractivity contribution >= 4 is 5.71 Å². The molecular formula is C17H15FN2O. The SMILES string of the molecule is Cc1cccc(C2NN=C3c4cc(F)ccc4OCC32)c1. The molecule has 4 rings (SSSR count). The second-order valence-electron chi connectivity index (χ2n) is 5.58. The lowest BCUT2D eigenvalue weighted by molar-refractivity contribution is 0.253. The largest absolute Gasteiger partial charge is 0.492 e. The molecule has 2 aliphatic heterocycles. The number of hydrogen-bond donors (Lipinski definition) is 1. The molecule has 2 aliphatic rings. The Labute approximate surface area is 122 Å². The summed E-state index contributed by atoms with van der Waals surface area (Å²) in [4.78, 5) is 0. The Morgan fingerprint density at radius 3 is 3.00 bits per heavy atom. The minimum absolute atomic E-state index is 0.0799. The highest BCUT2D eigenvalue weighted by Crippen LogP contribution is 2.37. The molecule has 2 aromatic rings. The summed E-state index contributed by atoms with van der Waals surface area (Å²) in [5, 5.41) is 4.45. The molecule has 0 saturated carbocycles. The highest BCUT2D eigenvalue weighted by molar-refractivity contribution is 6.06. The fourth-order valence-corrected chi connectivity index (χ4v) is 3.08. The summed E-state index contributed by atoms with van der Waals surface area (Å²) in [6.45, 7) is 2.63. The molecule has 0 spiro atoms. The van der Waals surface area contributed by atoms with Gasteiger partial charge in [-0.1, -0.05) is 29.8 Å². The standard InChI is InChI=1S/C17H15FN2O/c1-10-3-2-4-11(7-10)16-14-9-21-15-6-5-12(18)8-13(15)17(14)20-19-16/h2-8,14,16,19H,9H2,1H3. The Balaban J connectivity index is 1.72. The number of nitrogens with one attached hydrogen (secondary N) is 1. The number of ether oxygens (including phenoxy) is 1. The molecule has 0 saturated heterocycles. The number of fused-ring (bicyclic) bond motifs is 3. The van der Waals surface area contributed by atoms with Crippen molar-refractivity contribution in [1.29, 1.82) is 0 Å². The maximum Gasteiger partial charge on any atom is 0.128 e. The van der Waals surface area contributed by atoms with Crippen molar-refractivity contribution in [2.75, 3.05) is 6.61 Å². The number of benzene rings is 2. The predicted molar refractivity (Wildman–Crippen MR) is 79.0 cm³/mol. The molecule has 106 valence electrons. The third kappa shape index (κ3) is 1.98. The van der Waals surface area contributed by atoms with Gasteiger partial charge in [-0.05, 0) is 30.7 Å². The van der Waals surface area contributed by atoms with Crippen LogP contribution in [-0.4, -0.2) is 12.3 Å². The monoisotopic (exact) mass is 282 g/mol. The molecule has 0 radical (unpaired) electrons. The van der Waals surface area contributed by atoms with E-state index in [1.807, 2.05) is 6.07 Å². The zero-order valence-corrected chi connectivity index (χ0v) is 11.6. The number of hydrogen-bond acceptors (Lipinski definition) is 3. The van der Waals surface area contributed by atoms with E-state index in [9.17, 15) is 4.39 Å². The molecule has 2 heterocycles. The molecule has 21 heavy (non-hydrogen) atoms. The second kappa shape index (κ2) is 4.58. The normalized spacial score (nSPS) is 22.7. The van der Waals surface area contributed by atoms with E-state index in [4.69, 9.17) is 4.74 Å². The van der Waals surface area contributed by atoms with Crippen LogP contribution in [0.2, 0.25) is 0 Å². The Hall–Kier alpha value is -2.36. The van der Waals surface area contributed by atoms with E-state index < -0.39 is 0 Å². The van der Waals surface area contributed by atoms with Crippen molar-refractivity contribution in [3.63, 3.8) is 0 Å². The number of aryl methyl sites for hydroxylation is 1. The molecule has 3 nitrogen and oxygen atoms in total. The maximum absolute atomic E-state index is 13.5. The summed E-state index contributed by atoms with van der Waals surface area (Å²) in [5.74, 6) is 0.555. The summed E-state index contributed by atoms with van der Waals surface area (Å²) < 4.78 is 19.3. The molecule has 2 unspecified atom stereocenters. The Morgan fingerprint density at radius 2 is 2.14 bits per heavy atom. The fourth-order valence-electron chi connectivity index (χ4n) is 3.08. The van der Waals surface area contributed by atoms with Gasteiger partial charge in [0.2, 0.25) is 0 Å². The van der Waals surface area contributed by atoms with E-state index >= 15 is 0 Å². The van der Waals surface area contributed by atoms with Gasteiger partial charge in [-0.15, -0.1) is 0 Å². The van der Waals surface area contributed by atoms with Gasteiger partial charge in [0.15, 0.2) is 0 Å². The summed E-state index contributed by atoms with van der Waals surface area (Å²) >= 11 is 0. The zero-order valence-electron chi connectivity index (χ0n) is 11.6. The van der Waals surface area contributed by atoms with E-state index in [0.29, 0.717) is 12.4 Å². The van der Waals surface area contributed by atoms with Crippen LogP contribution in [0.4, 0.5) is 4.39 Å². The first-order valence-corrected chi connectivity index (χ1v) is 7.05.